The van der Waals surface area contributed by atoms with Crippen LogP contribution in [0.15, 0.2) is 48.7 Å². The van der Waals surface area contributed by atoms with Gasteiger partial charge in [-0.2, -0.15) is 0 Å². The topological polar surface area (TPSA) is 213 Å². The van der Waals surface area contributed by atoms with Crippen LogP contribution in [-0.2, 0) is 14.3 Å². The highest BCUT2D eigenvalue weighted by Crippen LogP contribution is 2.55. The number of benzene rings is 2. The van der Waals surface area contributed by atoms with Crippen LogP contribution in [0.1, 0.15) is 121 Å². The summed E-state index contributed by atoms with van der Waals surface area (Å²) in [5.74, 6) is -0.678. The van der Waals surface area contributed by atoms with Gasteiger partial charge in [-0.1, -0.05) is 18.2 Å². The van der Waals surface area contributed by atoms with Crippen LogP contribution in [0.2, 0.25) is 0 Å². The Kier molecular flexibility index (Phi) is 12.0. The summed E-state index contributed by atoms with van der Waals surface area (Å²) in [6, 6.07) is 12.5. The molecule has 2 unspecified atom stereocenters. The minimum atomic E-state index is -1.04. The standard InChI is InChI=1S/C48H60N10O7/c1-47(2,3)65-46(64)57-27-48(28-57)22-31(23-48)32(24-50-35-9-7-8-34-39(35)45(63)58(44(34)62)36-14-15-38(59)54-43(36)61)26-55-20-16-30(17-21-55)29-10-12-33(13-11-29)52-42-40(41(49)60)51-25-37(53-42)56-18-5-4-6-19-56/h7-13,25,30-32,36,50H,4-6,14-24,26-28H2,1-3H3,(H2,49,60)(H,52,53)(H,54,59,61). The number of primary amides is 1. The van der Waals surface area contributed by atoms with Gasteiger partial charge in [-0.3, -0.25) is 34.2 Å². The number of amides is 6. The third kappa shape index (κ3) is 9.24. The van der Waals surface area contributed by atoms with Crippen molar-refractivity contribution in [2.45, 2.75) is 96.1 Å². The first-order valence-electron chi connectivity index (χ1n) is 23.2. The number of likely N-dealkylation sites (tertiary alicyclic amines) is 2. The highest BCUT2D eigenvalue weighted by atomic mass is 16.6. The zero-order chi connectivity index (χ0) is 45.6. The van der Waals surface area contributed by atoms with Gasteiger partial charge in [0.25, 0.3) is 17.7 Å². The van der Waals surface area contributed by atoms with Crippen molar-refractivity contribution in [1.82, 2.24) is 30.0 Å². The molecule has 2 aromatic carbocycles. The number of aromatic nitrogens is 2. The van der Waals surface area contributed by atoms with Crippen molar-refractivity contribution in [1.29, 1.82) is 0 Å². The van der Waals surface area contributed by atoms with Gasteiger partial charge in [0.2, 0.25) is 11.8 Å². The molecule has 5 aliphatic heterocycles. The summed E-state index contributed by atoms with van der Waals surface area (Å²) in [7, 11) is 0. The second kappa shape index (κ2) is 17.7. The maximum atomic E-state index is 13.9. The molecule has 17 nitrogen and oxygen atoms in total. The fourth-order valence-electron chi connectivity index (χ4n) is 10.8. The van der Waals surface area contributed by atoms with Crippen LogP contribution >= 0.6 is 0 Å². The van der Waals surface area contributed by atoms with Crippen molar-refractivity contribution in [2.24, 2.45) is 23.0 Å². The summed E-state index contributed by atoms with van der Waals surface area (Å²) in [5.41, 5.74) is 8.43. The van der Waals surface area contributed by atoms with Crippen LogP contribution in [0.3, 0.4) is 0 Å². The Bertz CT molecular complexity index is 2360. The van der Waals surface area contributed by atoms with Crippen LogP contribution in [0.4, 0.5) is 27.8 Å². The second-order valence-electron chi connectivity index (χ2n) is 20.0. The van der Waals surface area contributed by atoms with Gasteiger partial charge in [0.15, 0.2) is 11.5 Å². The lowest BCUT2D eigenvalue weighted by Gasteiger charge is -2.60. The summed E-state index contributed by atoms with van der Waals surface area (Å²) in [5, 5.41) is 9.14. The van der Waals surface area contributed by atoms with Gasteiger partial charge in [0.05, 0.1) is 17.3 Å². The molecule has 2 atom stereocenters. The molecule has 0 radical (unpaired) electrons. The number of hydrogen-bond donors (Lipinski definition) is 4. The number of imide groups is 2. The van der Waals surface area contributed by atoms with E-state index in [9.17, 15) is 28.8 Å². The molecule has 6 heterocycles. The summed E-state index contributed by atoms with van der Waals surface area (Å²) in [4.78, 5) is 93.8. The van der Waals surface area contributed by atoms with E-state index >= 15 is 0 Å². The number of anilines is 4. The molecule has 1 aliphatic carbocycles. The normalized spacial score (nSPS) is 22.0. The van der Waals surface area contributed by atoms with Crippen LogP contribution in [0, 0.1) is 17.3 Å². The highest BCUT2D eigenvalue weighted by molar-refractivity contribution is 6.25. The minimum Gasteiger partial charge on any atom is -0.444 e. The maximum Gasteiger partial charge on any atom is 0.410 e. The van der Waals surface area contributed by atoms with Crippen LogP contribution in [0.25, 0.3) is 0 Å². The maximum absolute atomic E-state index is 13.9. The molecule has 17 heteroatoms. The molecule has 6 amide bonds. The van der Waals surface area contributed by atoms with Crippen molar-refractivity contribution < 1.29 is 33.5 Å². The lowest BCUT2D eigenvalue weighted by Crippen LogP contribution is -2.65. The number of nitrogens with one attached hydrogen (secondary N) is 3. The zero-order valence-electron chi connectivity index (χ0n) is 37.6. The average molecular weight is 889 g/mol. The molecule has 3 aromatic rings. The molecule has 1 aromatic heterocycles. The van der Waals surface area contributed by atoms with E-state index in [0.29, 0.717) is 43.0 Å². The number of carbonyl (C=O) groups excluding carboxylic acids is 6. The molecule has 344 valence electrons. The number of carbonyl (C=O) groups is 6. The lowest BCUT2D eigenvalue weighted by molar-refractivity contribution is -0.136. The van der Waals surface area contributed by atoms with E-state index in [4.69, 9.17) is 15.5 Å². The number of nitrogens with two attached hydrogens (primary N) is 1. The number of hydrogen-bond acceptors (Lipinski definition) is 13. The third-order valence-electron chi connectivity index (χ3n) is 14.2. The van der Waals surface area contributed by atoms with E-state index < -0.39 is 41.2 Å². The molecule has 6 aliphatic rings. The predicted octanol–water partition coefficient (Wildman–Crippen LogP) is 5.27. The number of piperidine rings is 3. The van der Waals surface area contributed by atoms with E-state index in [1.807, 2.05) is 39.0 Å². The average Bonchev–Trinajstić information content (AvgIpc) is 3.50. The van der Waals surface area contributed by atoms with Gasteiger partial charge in [0.1, 0.15) is 17.5 Å². The Morgan fingerprint density at radius 1 is 0.938 bits per heavy atom. The Labute approximate surface area is 379 Å². The Morgan fingerprint density at radius 2 is 1.66 bits per heavy atom. The van der Waals surface area contributed by atoms with Crippen molar-refractivity contribution in [2.75, 3.05) is 67.9 Å². The van der Waals surface area contributed by atoms with Crippen molar-refractivity contribution in [3.05, 3.63) is 71.0 Å². The first-order chi connectivity index (χ1) is 31.1. The molecule has 1 saturated carbocycles. The van der Waals surface area contributed by atoms with E-state index in [1.54, 1.807) is 23.2 Å². The van der Waals surface area contributed by atoms with Crippen molar-refractivity contribution in [3.63, 3.8) is 0 Å². The number of nitrogens with zero attached hydrogens (tertiary/aromatic N) is 6. The van der Waals surface area contributed by atoms with Gasteiger partial charge < -0.3 is 35.8 Å². The van der Waals surface area contributed by atoms with Gasteiger partial charge in [-0.25, -0.2) is 14.8 Å². The van der Waals surface area contributed by atoms with E-state index in [1.165, 1.54) is 12.0 Å². The van der Waals surface area contributed by atoms with Crippen molar-refractivity contribution in [3.8, 4) is 0 Å². The highest BCUT2D eigenvalue weighted by Gasteiger charge is 2.56. The molecule has 9 rings (SSSR count). The monoisotopic (exact) mass is 888 g/mol. The smallest absolute Gasteiger partial charge is 0.410 e. The first-order valence-corrected chi connectivity index (χ1v) is 23.2. The molecular formula is C48H60N10O7. The summed E-state index contributed by atoms with van der Waals surface area (Å²) < 4.78 is 5.63. The molecule has 0 bridgehead atoms. The van der Waals surface area contributed by atoms with Crippen LogP contribution in [0.5, 0.6) is 0 Å². The molecular weight excluding hydrogens is 829 g/mol. The van der Waals surface area contributed by atoms with Gasteiger partial charge >= 0.3 is 6.09 Å². The van der Waals surface area contributed by atoms with E-state index in [0.717, 1.165) is 87.7 Å². The van der Waals surface area contributed by atoms with Gasteiger partial charge in [0, 0.05) is 62.5 Å². The molecule has 4 saturated heterocycles. The number of fused-ring (bicyclic) bond motifs is 1. The SMILES string of the molecule is CC(C)(C)OC(=O)N1CC2(CC(C(CNc3cccc4c3C(=O)N(C3CCC(=O)NC3=O)C4=O)CN3CCC(c4ccc(Nc5nc(N6CCCCC6)cnc5C(N)=O)cc4)CC3)C2)C1. The van der Waals surface area contributed by atoms with E-state index in [2.05, 4.69) is 42.9 Å². The largest absolute Gasteiger partial charge is 0.444 e. The van der Waals surface area contributed by atoms with Gasteiger partial charge in [-0.15, -0.1) is 0 Å². The molecule has 5 fully saturated rings. The summed E-state index contributed by atoms with van der Waals surface area (Å²) in [6.07, 6.45) is 8.84. The summed E-state index contributed by atoms with van der Waals surface area (Å²) >= 11 is 0. The van der Waals surface area contributed by atoms with Crippen LogP contribution in [-0.4, -0.2) is 124 Å². The van der Waals surface area contributed by atoms with E-state index in [-0.39, 0.29) is 47.1 Å². The zero-order valence-corrected chi connectivity index (χ0v) is 37.6. The Morgan fingerprint density at radius 3 is 2.34 bits per heavy atom. The Balaban J connectivity index is 0.848. The third-order valence-corrected chi connectivity index (χ3v) is 14.2. The second-order valence-corrected chi connectivity index (χ2v) is 20.0. The van der Waals surface area contributed by atoms with Crippen molar-refractivity contribution >= 4 is 58.6 Å². The number of ether oxygens (including phenoxy) is 1. The predicted molar refractivity (Wildman–Crippen MR) is 243 cm³/mol. The molecule has 5 N–H and O–H groups in total. The quantitative estimate of drug-likeness (QED) is 0.171. The first kappa shape index (κ1) is 44.1. The van der Waals surface area contributed by atoms with Gasteiger partial charge in [-0.05, 0) is 133 Å². The molecule has 1 spiro atoms. The number of rotatable bonds is 12. The fourth-order valence-corrected chi connectivity index (χ4v) is 10.8. The lowest BCUT2D eigenvalue weighted by atomic mass is 9.54. The van der Waals surface area contributed by atoms with Crippen LogP contribution < -0.4 is 26.6 Å². The molecule has 65 heavy (non-hydrogen) atoms. The Hall–Kier alpha value is -6.10. The fraction of sp³-hybridized carbons (Fsp3) is 0.542. The summed E-state index contributed by atoms with van der Waals surface area (Å²) in [6.45, 7) is 12.1. The minimum absolute atomic E-state index is 0.0565.